The van der Waals surface area contributed by atoms with E-state index in [-0.39, 0.29) is 0 Å². The van der Waals surface area contributed by atoms with E-state index in [4.69, 9.17) is 5.26 Å². The van der Waals surface area contributed by atoms with E-state index in [9.17, 15) is 4.79 Å². The van der Waals surface area contributed by atoms with E-state index in [0.29, 0.717) is 18.2 Å². The summed E-state index contributed by atoms with van der Waals surface area (Å²) in [5.41, 5.74) is 0. The molecule has 2 saturated carbocycles. The molecule has 3 heteroatoms. The van der Waals surface area contributed by atoms with E-state index in [1.54, 1.807) is 0 Å². The van der Waals surface area contributed by atoms with Gasteiger partial charge in [0.25, 0.3) is 0 Å². The summed E-state index contributed by atoms with van der Waals surface area (Å²) in [5.74, 6) is 0.419. The van der Waals surface area contributed by atoms with Crippen LogP contribution in [0.2, 0.25) is 0 Å². The largest absolute Gasteiger partial charge is 0.300 e. The number of nitriles is 1. The molecule has 3 nitrogen and oxygen atoms in total. The highest BCUT2D eigenvalue weighted by Gasteiger charge is 2.34. The molecule has 2 aliphatic rings. The number of ketones is 1. The van der Waals surface area contributed by atoms with Gasteiger partial charge in [0.15, 0.2) is 0 Å². The van der Waals surface area contributed by atoms with Gasteiger partial charge in [-0.05, 0) is 25.7 Å². The summed E-state index contributed by atoms with van der Waals surface area (Å²) in [4.78, 5) is 13.6. The third-order valence-corrected chi connectivity index (χ3v) is 3.48. The molecule has 2 fully saturated rings. The average molecular weight is 206 g/mol. The predicted octanol–water partition coefficient (Wildman–Crippen LogP) is 1.88. The summed E-state index contributed by atoms with van der Waals surface area (Å²) < 4.78 is 0. The van der Waals surface area contributed by atoms with E-state index < -0.39 is 0 Å². The molecule has 0 heterocycles. The number of hydrogen-bond donors (Lipinski definition) is 0. The van der Waals surface area contributed by atoms with Gasteiger partial charge in [-0.1, -0.05) is 0 Å². The van der Waals surface area contributed by atoms with Crippen LogP contribution in [0.3, 0.4) is 0 Å². The lowest BCUT2D eigenvalue weighted by Gasteiger charge is -2.33. The van der Waals surface area contributed by atoms with Crippen molar-refractivity contribution in [2.75, 3.05) is 6.54 Å². The first kappa shape index (κ1) is 10.6. The molecule has 0 aromatic carbocycles. The van der Waals surface area contributed by atoms with Crippen molar-refractivity contribution in [3.8, 4) is 6.07 Å². The Morgan fingerprint density at radius 2 is 1.80 bits per heavy atom. The van der Waals surface area contributed by atoms with Gasteiger partial charge in [0.2, 0.25) is 0 Å². The zero-order chi connectivity index (χ0) is 10.7. The van der Waals surface area contributed by atoms with Crippen LogP contribution in [0.15, 0.2) is 0 Å². The van der Waals surface area contributed by atoms with Crippen molar-refractivity contribution in [1.29, 1.82) is 5.26 Å². The molecule has 2 rings (SSSR count). The monoisotopic (exact) mass is 206 g/mol. The highest BCUT2D eigenvalue weighted by Crippen LogP contribution is 2.32. The maximum Gasteiger partial charge on any atom is 0.133 e. The molecule has 0 saturated heterocycles. The van der Waals surface area contributed by atoms with Gasteiger partial charge in [-0.3, -0.25) is 9.69 Å². The van der Waals surface area contributed by atoms with Crippen LogP contribution in [0, 0.1) is 11.3 Å². The Hall–Kier alpha value is -0.880. The molecule has 0 N–H and O–H groups in total. The number of carbonyl (C=O) groups excluding carboxylic acids is 1. The standard InChI is InChI=1S/C12H18N2O/c13-8-1-9-14(10-2-3-10)11-4-6-12(15)7-5-11/h10-11H,1-7,9H2. The Morgan fingerprint density at radius 3 is 2.33 bits per heavy atom. The van der Waals surface area contributed by atoms with Gasteiger partial charge in [-0.25, -0.2) is 0 Å². The molecular weight excluding hydrogens is 188 g/mol. The molecule has 0 unspecified atom stereocenters. The van der Waals surface area contributed by atoms with Crippen molar-refractivity contribution in [2.24, 2.45) is 0 Å². The lowest BCUT2D eigenvalue weighted by molar-refractivity contribution is -0.121. The molecule has 0 aliphatic heterocycles. The van der Waals surface area contributed by atoms with Gasteiger partial charge in [0.1, 0.15) is 5.78 Å². The number of carbonyl (C=O) groups is 1. The van der Waals surface area contributed by atoms with Crippen molar-refractivity contribution >= 4 is 5.78 Å². The summed E-state index contributed by atoms with van der Waals surface area (Å²) in [6.45, 7) is 0.903. The highest BCUT2D eigenvalue weighted by molar-refractivity contribution is 5.79. The van der Waals surface area contributed by atoms with Crippen LogP contribution in [-0.4, -0.2) is 29.3 Å². The summed E-state index contributed by atoms with van der Waals surface area (Å²) in [5, 5.41) is 8.63. The minimum absolute atomic E-state index is 0.419. The second-order valence-electron chi connectivity index (χ2n) is 4.65. The lowest BCUT2D eigenvalue weighted by Crippen LogP contribution is -2.40. The number of Topliss-reactive ketones (excluding diaryl/α,β-unsaturated/α-hetero) is 1. The molecule has 0 bridgehead atoms. The fourth-order valence-corrected chi connectivity index (χ4v) is 2.50. The van der Waals surface area contributed by atoms with Gasteiger partial charge in [0, 0.05) is 37.9 Å². The van der Waals surface area contributed by atoms with Crippen molar-refractivity contribution in [2.45, 2.75) is 57.0 Å². The minimum atomic E-state index is 0.419. The average Bonchev–Trinajstić information content (AvgIpc) is 3.05. The van der Waals surface area contributed by atoms with Gasteiger partial charge >= 0.3 is 0 Å². The quantitative estimate of drug-likeness (QED) is 0.705. The molecule has 2 aliphatic carbocycles. The number of hydrogen-bond acceptors (Lipinski definition) is 3. The number of rotatable bonds is 4. The Morgan fingerprint density at radius 1 is 1.20 bits per heavy atom. The zero-order valence-electron chi connectivity index (χ0n) is 9.11. The minimum Gasteiger partial charge on any atom is -0.300 e. The molecule has 0 amide bonds. The van der Waals surface area contributed by atoms with Crippen molar-refractivity contribution < 1.29 is 4.79 Å². The van der Waals surface area contributed by atoms with E-state index >= 15 is 0 Å². The first-order chi connectivity index (χ1) is 7.31. The molecule has 0 aromatic heterocycles. The third kappa shape index (κ3) is 2.79. The van der Waals surface area contributed by atoms with E-state index in [1.165, 1.54) is 12.8 Å². The molecule has 82 valence electrons. The van der Waals surface area contributed by atoms with Gasteiger partial charge in [-0.15, -0.1) is 0 Å². The molecule has 0 spiro atoms. The van der Waals surface area contributed by atoms with E-state index in [0.717, 1.165) is 38.3 Å². The normalized spacial score (nSPS) is 23.1. The topological polar surface area (TPSA) is 44.1 Å². The fourth-order valence-electron chi connectivity index (χ4n) is 2.50. The first-order valence-corrected chi connectivity index (χ1v) is 5.95. The third-order valence-electron chi connectivity index (χ3n) is 3.48. The van der Waals surface area contributed by atoms with Crippen LogP contribution in [0.25, 0.3) is 0 Å². The van der Waals surface area contributed by atoms with Crippen LogP contribution in [0.4, 0.5) is 0 Å². The maximum atomic E-state index is 11.2. The summed E-state index contributed by atoms with van der Waals surface area (Å²) in [6.07, 6.45) is 6.73. The van der Waals surface area contributed by atoms with Crippen LogP contribution in [0.5, 0.6) is 0 Å². The van der Waals surface area contributed by atoms with Crippen LogP contribution >= 0.6 is 0 Å². The fraction of sp³-hybridized carbons (Fsp3) is 0.833. The van der Waals surface area contributed by atoms with E-state index in [2.05, 4.69) is 11.0 Å². The molecular formula is C12H18N2O. The Bertz CT molecular complexity index is 268. The van der Waals surface area contributed by atoms with E-state index in [1.807, 2.05) is 0 Å². The van der Waals surface area contributed by atoms with Crippen LogP contribution in [-0.2, 0) is 4.79 Å². The highest BCUT2D eigenvalue weighted by atomic mass is 16.1. The van der Waals surface area contributed by atoms with Gasteiger partial charge in [0.05, 0.1) is 6.07 Å². The predicted molar refractivity (Wildman–Crippen MR) is 57.2 cm³/mol. The lowest BCUT2D eigenvalue weighted by atomic mass is 9.93. The van der Waals surface area contributed by atoms with Crippen molar-refractivity contribution in [3.05, 3.63) is 0 Å². The van der Waals surface area contributed by atoms with Gasteiger partial charge in [-0.2, -0.15) is 5.26 Å². The SMILES string of the molecule is N#CCCN(C1CCC(=O)CC1)C1CC1. The van der Waals surface area contributed by atoms with Crippen LogP contribution in [0.1, 0.15) is 44.9 Å². The summed E-state index contributed by atoms with van der Waals surface area (Å²) >= 11 is 0. The van der Waals surface area contributed by atoms with Gasteiger partial charge < -0.3 is 0 Å². The molecule has 0 aromatic rings. The summed E-state index contributed by atoms with van der Waals surface area (Å²) in [7, 11) is 0. The zero-order valence-corrected chi connectivity index (χ0v) is 9.11. The molecule has 15 heavy (non-hydrogen) atoms. The smallest absolute Gasteiger partial charge is 0.133 e. The van der Waals surface area contributed by atoms with Crippen molar-refractivity contribution in [1.82, 2.24) is 4.90 Å². The van der Waals surface area contributed by atoms with Crippen molar-refractivity contribution in [3.63, 3.8) is 0 Å². The Kier molecular flexibility index (Phi) is 3.37. The Balaban J connectivity index is 1.87. The molecule has 0 radical (unpaired) electrons. The Labute approximate surface area is 91.1 Å². The second-order valence-corrected chi connectivity index (χ2v) is 4.65. The molecule has 0 atom stereocenters. The maximum absolute atomic E-state index is 11.2. The number of nitrogens with zero attached hydrogens (tertiary/aromatic N) is 2. The second kappa shape index (κ2) is 4.76. The first-order valence-electron chi connectivity index (χ1n) is 5.95. The van der Waals surface area contributed by atoms with Crippen LogP contribution < -0.4 is 0 Å². The summed E-state index contributed by atoms with van der Waals surface area (Å²) in [6, 6.07) is 3.51.